The van der Waals surface area contributed by atoms with Crippen LogP contribution in [-0.2, 0) is 24.4 Å². The minimum absolute atomic E-state index is 0.352. The number of rotatable bonds is 6. The van der Waals surface area contributed by atoms with Gasteiger partial charge in [0.25, 0.3) is 0 Å². The Morgan fingerprint density at radius 3 is 2.93 bits per heavy atom. The Morgan fingerprint density at radius 1 is 1.67 bits per heavy atom. The molecule has 1 rings (SSSR count). The van der Waals surface area contributed by atoms with Crippen molar-refractivity contribution >= 4 is 10.8 Å². The van der Waals surface area contributed by atoms with Gasteiger partial charge in [0.2, 0.25) is 0 Å². The largest absolute Gasteiger partial charge is 0.307 e. The molecule has 86 valence electrons. The first kappa shape index (κ1) is 12.3. The molecule has 0 saturated heterocycles. The van der Waals surface area contributed by atoms with Crippen LogP contribution in [0.25, 0.3) is 0 Å². The molecule has 0 aliphatic heterocycles. The van der Waals surface area contributed by atoms with Gasteiger partial charge in [-0.25, -0.2) is 4.98 Å². The number of hydrogen-bond donors (Lipinski definition) is 1. The lowest BCUT2D eigenvalue weighted by Crippen LogP contribution is -2.28. The molecule has 0 radical (unpaired) electrons. The molecule has 0 aromatic carbocycles. The third-order valence-electron chi connectivity index (χ3n) is 2.25. The third-order valence-corrected chi connectivity index (χ3v) is 3.06. The highest BCUT2D eigenvalue weighted by Gasteiger charge is 2.05. The first-order valence-electron chi connectivity index (χ1n) is 4.96. The summed E-state index contributed by atoms with van der Waals surface area (Å²) in [4.78, 5) is 4.11. The summed E-state index contributed by atoms with van der Waals surface area (Å²) in [5, 5.41) is 7.31. The molecule has 2 unspecified atom stereocenters. The van der Waals surface area contributed by atoms with Crippen LogP contribution in [0, 0.1) is 0 Å². The molecule has 0 amide bonds. The standard InChI is InChI=1S/C9H18N4OS/c1-8(4-5-15(3)14)10-6-9-11-7-12-13(9)2/h7-8,10H,4-6H2,1-3H3. The van der Waals surface area contributed by atoms with Crippen molar-refractivity contribution in [3.05, 3.63) is 12.2 Å². The van der Waals surface area contributed by atoms with Crippen molar-refractivity contribution in [2.24, 2.45) is 7.05 Å². The number of nitrogens with one attached hydrogen (secondary N) is 1. The van der Waals surface area contributed by atoms with E-state index >= 15 is 0 Å². The van der Waals surface area contributed by atoms with Gasteiger partial charge < -0.3 is 5.32 Å². The SMILES string of the molecule is CC(CCS(C)=O)NCc1ncnn1C. The fourth-order valence-electron chi connectivity index (χ4n) is 1.19. The summed E-state index contributed by atoms with van der Waals surface area (Å²) in [6.45, 7) is 2.79. The molecule has 0 saturated carbocycles. The zero-order valence-electron chi connectivity index (χ0n) is 9.43. The fourth-order valence-corrected chi connectivity index (χ4v) is 1.88. The lowest BCUT2D eigenvalue weighted by atomic mass is 10.2. The Labute approximate surface area is 92.7 Å². The van der Waals surface area contributed by atoms with Crippen molar-refractivity contribution in [1.29, 1.82) is 0 Å². The van der Waals surface area contributed by atoms with Crippen LogP contribution in [0.2, 0.25) is 0 Å². The Balaban J connectivity index is 2.25. The van der Waals surface area contributed by atoms with Crippen LogP contribution in [0.5, 0.6) is 0 Å². The molecular weight excluding hydrogens is 212 g/mol. The summed E-state index contributed by atoms with van der Waals surface area (Å²) in [7, 11) is 1.17. The number of aryl methyl sites for hydroxylation is 1. The van der Waals surface area contributed by atoms with Gasteiger partial charge in [0.05, 0.1) is 6.54 Å². The summed E-state index contributed by atoms with van der Waals surface area (Å²) in [6.07, 6.45) is 4.19. The summed E-state index contributed by atoms with van der Waals surface area (Å²) >= 11 is 0. The van der Waals surface area contributed by atoms with Gasteiger partial charge in [0.1, 0.15) is 12.2 Å². The van der Waals surface area contributed by atoms with Crippen molar-refractivity contribution < 1.29 is 4.21 Å². The van der Waals surface area contributed by atoms with E-state index in [2.05, 4.69) is 22.3 Å². The topological polar surface area (TPSA) is 59.8 Å². The highest BCUT2D eigenvalue weighted by molar-refractivity contribution is 7.84. The van der Waals surface area contributed by atoms with Gasteiger partial charge in [0, 0.05) is 35.9 Å². The van der Waals surface area contributed by atoms with E-state index in [1.807, 2.05) is 7.05 Å². The monoisotopic (exact) mass is 230 g/mol. The van der Waals surface area contributed by atoms with Gasteiger partial charge in [-0.05, 0) is 13.3 Å². The smallest absolute Gasteiger partial charge is 0.140 e. The van der Waals surface area contributed by atoms with Crippen LogP contribution in [0.4, 0.5) is 0 Å². The number of aromatic nitrogens is 3. The highest BCUT2D eigenvalue weighted by Crippen LogP contribution is 1.96. The quantitative estimate of drug-likeness (QED) is 0.751. The molecule has 0 spiro atoms. The first-order valence-corrected chi connectivity index (χ1v) is 6.68. The van der Waals surface area contributed by atoms with E-state index in [9.17, 15) is 4.21 Å². The Hall–Kier alpha value is -0.750. The molecule has 0 aliphatic rings. The molecule has 6 heteroatoms. The second-order valence-electron chi connectivity index (χ2n) is 3.65. The average molecular weight is 230 g/mol. The number of nitrogens with zero attached hydrogens (tertiary/aromatic N) is 3. The highest BCUT2D eigenvalue weighted by atomic mass is 32.2. The van der Waals surface area contributed by atoms with Crippen molar-refractivity contribution in [3.8, 4) is 0 Å². The predicted octanol–water partition coefficient (Wildman–Crippen LogP) is 0.0618. The second kappa shape index (κ2) is 5.97. The van der Waals surface area contributed by atoms with E-state index in [-0.39, 0.29) is 0 Å². The minimum Gasteiger partial charge on any atom is -0.307 e. The van der Waals surface area contributed by atoms with Crippen LogP contribution < -0.4 is 5.32 Å². The summed E-state index contributed by atoms with van der Waals surface area (Å²) in [6, 6.07) is 0.352. The summed E-state index contributed by atoms with van der Waals surface area (Å²) in [5.41, 5.74) is 0. The molecule has 1 aromatic heterocycles. The third kappa shape index (κ3) is 4.53. The normalized spacial score (nSPS) is 15.1. The molecular formula is C9H18N4OS. The van der Waals surface area contributed by atoms with E-state index in [0.29, 0.717) is 12.6 Å². The summed E-state index contributed by atoms with van der Waals surface area (Å²) < 4.78 is 12.6. The molecule has 1 N–H and O–H groups in total. The molecule has 1 aromatic rings. The molecule has 1 heterocycles. The number of hydrogen-bond acceptors (Lipinski definition) is 4. The Bertz CT molecular complexity index is 326. The van der Waals surface area contributed by atoms with E-state index < -0.39 is 10.8 Å². The molecule has 15 heavy (non-hydrogen) atoms. The Morgan fingerprint density at radius 2 is 2.40 bits per heavy atom. The lowest BCUT2D eigenvalue weighted by molar-refractivity contribution is 0.511. The van der Waals surface area contributed by atoms with E-state index in [0.717, 1.165) is 18.0 Å². The molecule has 0 bridgehead atoms. The van der Waals surface area contributed by atoms with Gasteiger partial charge in [-0.2, -0.15) is 5.10 Å². The summed E-state index contributed by atoms with van der Waals surface area (Å²) in [5.74, 6) is 1.66. The van der Waals surface area contributed by atoms with Gasteiger partial charge in [0.15, 0.2) is 0 Å². The maximum absolute atomic E-state index is 10.9. The van der Waals surface area contributed by atoms with Crippen LogP contribution in [0.15, 0.2) is 6.33 Å². The molecule has 0 fully saturated rings. The van der Waals surface area contributed by atoms with E-state index in [1.54, 1.807) is 17.3 Å². The van der Waals surface area contributed by atoms with Crippen LogP contribution in [-0.4, -0.2) is 37.0 Å². The fraction of sp³-hybridized carbons (Fsp3) is 0.778. The van der Waals surface area contributed by atoms with Gasteiger partial charge in [-0.1, -0.05) is 0 Å². The molecule has 0 aliphatic carbocycles. The minimum atomic E-state index is -0.704. The van der Waals surface area contributed by atoms with Crippen molar-refractivity contribution in [3.63, 3.8) is 0 Å². The predicted molar refractivity (Wildman–Crippen MR) is 60.9 cm³/mol. The molecule has 2 atom stereocenters. The van der Waals surface area contributed by atoms with Crippen LogP contribution >= 0.6 is 0 Å². The zero-order chi connectivity index (χ0) is 11.3. The average Bonchev–Trinajstić information content (AvgIpc) is 2.58. The van der Waals surface area contributed by atoms with Gasteiger partial charge in [-0.3, -0.25) is 8.89 Å². The molecule has 5 nitrogen and oxygen atoms in total. The maximum Gasteiger partial charge on any atom is 0.140 e. The van der Waals surface area contributed by atoms with Gasteiger partial charge >= 0.3 is 0 Å². The first-order chi connectivity index (χ1) is 7.09. The van der Waals surface area contributed by atoms with Gasteiger partial charge in [-0.15, -0.1) is 0 Å². The van der Waals surface area contributed by atoms with Crippen molar-refractivity contribution in [2.75, 3.05) is 12.0 Å². The maximum atomic E-state index is 10.9. The van der Waals surface area contributed by atoms with Crippen LogP contribution in [0.3, 0.4) is 0 Å². The van der Waals surface area contributed by atoms with Crippen molar-refractivity contribution in [2.45, 2.75) is 25.9 Å². The van der Waals surface area contributed by atoms with Crippen molar-refractivity contribution in [1.82, 2.24) is 20.1 Å². The second-order valence-corrected chi connectivity index (χ2v) is 5.20. The lowest BCUT2D eigenvalue weighted by Gasteiger charge is -2.12. The van der Waals surface area contributed by atoms with E-state index in [4.69, 9.17) is 0 Å². The zero-order valence-corrected chi connectivity index (χ0v) is 10.3. The van der Waals surface area contributed by atoms with Crippen LogP contribution in [0.1, 0.15) is 19.2 Å². The van der Waals surface area contributed by atoms with E-state index in [1.165, 1.54) is 0 Å². The Kier molecular flexibility index (Phi) is 4.90.